The molecule has 1 amide bonds. The second-order valence-corrected chi connectivity index (χ2v) is 6.81. The van der Waals surface area contributed by atoms with Crippen LogP contribution in [0.1, 0.15) is 52.5 Å². The summed E-state index contributed by atoms with van der Waals surface area (Å²) < 4.78 is 1.76. The number of amides is 1. The maximum Gasteiger partial charge on any atom is 0.235 e. The molecule has 6 nitrogen and oxygen atoms in total. The van der Waals surface area contributed by atoms with E-state index >= 15 is 0 Å². The quantitative estimate of drug-likeness (QED) is 0.797. The Balaban J connectivity index is 1.98. The molecule has 1 fully saturated rings. The van der Waals surface area contributed by atoms with E-state index in [1.165, 1.54) is 24.6 Å². The summed E-state index contributed by atoms with van der Waals surface area (Å²) in [6.07, 6.45) is 4.70. The van der Waals surface area contributed by atoms with Crippen molar-refractivity contribution in [1.82, 2.24) is 25.1 Å². The maximum atomic E-state index is 12.5. The number of thioether (sulfide) groups is 1. The number of hydrogen-bond acceptors (Lipinski definition) is 5. The lowest BCUT2D eigenvalue weighted by molar-refractivity contribution is -0.130. The molecule has 1 aromatic rings. The molecule has 0 N–H and O–H groups in total. The standard InChI is InChI=1S/C13H23N5OS/c1-10(2)18-13(14-15-16-18)20-11(3)12(19)17-8-6-4-5-7-9-17/h10-11H,4-9H2,1-3H3. The molecule has 1 aromatic heterocycles. The van der Waals surface area contributed by atoms with E-state index < -0.39 is 0 Å². The number of aromatic nitrogens is 4. The van der Waals surface area contributed by atoms with E-state index in [4.69, 9.17) is 0 Å². The van der Waals surface area contributed by atoms with Crippen LogP contribution in [-0.4, -0.2) is 49.4 Å². The summed E-state index contributed by atoms with van der Waals surface area (Å²) in [6.45, 7) is 7.78. The van der Waals surface area contributed by atoms with Crippen molar-refractivity contribution in [3.05, 3.63) is 0 Å². The van der Waals surface area contributed by atoms with Gasteiger partial charge in [0.25, 0.3) is 0 Å². The third kappa shape index (κ3) is 3.71. The van der Waals surface area contributed by atoms with Crippen LogP contribution in [0.4, 0.5) is 0 Å². The van der Waals surface area contributed by atoms with Gasteiger partial charge in [-0.3, -0.25) is 4.79 Å². The number of hydrogen-bond donors (Lipinski definition) is 0. The summed E-state index contributed by atoms with van der Waals surface area (Å²) in [7, 11) is 0. The highest BCUT2D eigenvalue weighted by molar-refractivity contribution is 8.00. The van der Waals surface area contributed by atoms with Gasteiger partial charge < -0.3 is 4.90 Å². The van der Waals surface area contributed by atoms with Gasteiger partial charge in [-0.15, -0.1) is 5.10 Å². The summed E-state index contributed by atoms with van der Waals surface area (Å²) in [5, 5.41) is 12.3. The smallest absolute Gasteiger partial charge is 0.235 e. The SMILES string of the molecule is CC(Sc1nnnn1C(C)C)C(=O)N1CCCCCC1. The van der Waals surface area contributed by atoms with Crippen molar-refractivity contribution < 1.29 is 4.79 Å². The Morgan fingerprint density at radius 1 is 1.15 bits per heavy atom. The van der Waals surface area contributed by atoms with Crippen LogP contribution >= 0.6 is 11.8 Å². The Bertz CT molecular complexity index is 440. The second kappa shape index (κ2) is 7.06. The fourth-order valence-electron chi connectivity index (χ4n) is 2.34. The Morgan fingerprint density at radius 3 is 2.40 bits per heavy atom. The number of nitrogens with zero attached hydrogens (tertiary/aromatic N) is 5. The van der Waals surface area contributed by atoms with Crippen LogP contribution < -0.4 is 0 Å². The van der Waals surface area contributed by atoms with Crippen LogP contribution in [0, 0.1) is 0 Å². The molecule has 0 saturated carbocycles. The molecule has 1 saturated heterocycles. The molecule has 1 atom stereocenters. The molecule has 1 unspecified atom stereocenters. The topological polar surface area (TPSA) is 63.9 Å². The van der Waals surface area contributed by atoms with Crippen molar-refractivity contribution in [2.45, 2.75) is 62.9 Å². The van der Waals surface area contributed by atoms with E-state index in [0.717, 1.165) is 31.1 Å². The van der Waals surface area contributed by atoms with Crippen LogP contribution in [0.25, 0.3) is 0 Å². The number of carbonyl (C=O) groups excluding carboxylic acids is 1. The number of tetrazole rings is 1. The number of carbonyl (C=O) groups is 1. The zero-order valence-electron chi connectivity index (χ0n) is 12.4. The van der Waals surface area contributed by atoms with Crippen LogP contribution in [0.5, 0.6) is 0 Å². The third-order valence-corrected chi connectivity index (χ3v) is 4.53. The molecule has 2 rings (SSSR count). The molecular weight excluding hydrogens is 274 g/mol. The molecule has 0 aromatic carbocycles. The molecular formula is C13H23N5OS. The lowest BCUT2D eigenvalue weighted by Crippen LogP contribution is -2.37. The van der Waals surface area contributed by atoms with Gasteiger partial charge in [0.1, 0.15) is 0 Å². The van der Waals surface area contributed by atoms with Crippen LogP contribution in [-0.2, 0) is 4.79 Å². The van der Waals surface area contributed by atoms with Crippen molar-refractivity contribution in [3.63, 3.8) is 0 Å². The van der Waals surface area contributed by atoms with Gasteiger partial charge in [0.2, 0.25) is 11.1 Å². The van der Waals surface area contributed by atoms with Crippen molar-refractivity contribution >= 4 is 17.7 Å². The summed E-state index contributed by atoms with van der Waals surface area (Å²) >= 11 is 1.45. The molecule has 0 radical (unpaired) electrons. The van der Waals surface area contributed by atoms with Crippen LogP contribution in [0.2, 0.25) is 0 Å². The van der Waals surface area contributed by atoms with Crippen molar-refractivity contribution in [1.29, 1.82) is 0 Å². The average molecular weight is 297 g/mol. The van der Waals surface area contributed by atoms with Gasteiger partial charge >= 0.3 is 0 Å². The zero-order valence-corrected chi connectivity index (χ0v) is 13.3. The normalized spacial score (nSPS) is 18.1. The lowest BCUT2D eigenvalue weighted by atomic mass is 10.2. The van der Waals surface area contributed by atoms with Crippen molar-refractivity contribution in [3.8, 4) is 0 Å². The minimum absolute atomic E-state index is 0.142. The van der Waals surface area contributed by atoms with Gasteiger partial charge in [-0.05, 0) is 44.0 Å². The minimum Gasteiger partial charge on any atom is -0.342 e. The first-order chi connectivity index (χ1) is 9.59. The average Bonchev–Trinajstić information content (AvgIpc) is 2.72. The van der Waals surface area contributed by atoms with E-state index in [1.807, 2.05) is 25.7 Å². The molecule has 20 heavy (non-hydrogen) atoms. The first kappa shape index (κ1) is 15.3. The van der Waals surface area contributed by atoms with Gasteiger partial charge in [-0.25, -0.2) is 4.68 Å². The van der Waals surface area contributed by atoms with E-state index in [9.17, 15) is 4.79 Å². The van der Waals surface area contributed by atoms with Crippen LogP contribution in [0.15, 0.2) is 5.16 Å². The second-order valence-electron chi connectivity index (χ2n) is 5.50. The Morgan fingerprint density at radius 2 is 1.80 bits per heavy atom. The van der Waals surface area contributed by atoms with Gasteiger partial charge in [-0.1, -0.05) is 24.6 Å². The van der Waals surface area contributed by atoms with Gasteiger partial charge in [-0.2, -0.15) is 0 Å². The molecule has 7 heteroatoms. The minimum atomic E-state index is -0.142. The van der Waals surface area contributed by atoms with E-state index in [-0.39, 0.29) is 17.2 Å². The summed E-state index contributed by atoms with van der Waals surface area (Å²) in [5.41, 5.74) is 0. The predicted molar refractivity (Wildman–Crippen MR) is 78.6 cm³/mol. The van der Waals surface area contributed by atoms with Crippen molar-refractivity contribution in [2.75, 3.05) is 13.1 Å². The Labute approximate surface area is 124 Å². The fraction of sp³-hybridized carbons (Fsp3) is 0.846. The van der Waals surface area contributed by atoms with E-state index in [2.05, 4.69) is 15.5 Å². The molecule has 0 bridgehead atoms. The third-order valence-electron chi connectivity index (χ3n) is 3.50. The number of likely N-dealkylation sites (tertiary alicyclic amines) is 1. The first-order valence-corrected chi connectivity index (χ1v) is 8.21. The highest BCUT2D eigenvalue weighted by atomic mass is 32.2. The molecule has 1 aliphatic rings. The molecule has 112 valence electrons. The van der Waals surface area contributed by atoms with Crippen molar-refractivity contribution in [2.24, 2.45) is 0 Å². The highest BCUT2D eigenvalue weighted by Gasteiger charge is 2.24. The largest absolute Gasteiger partial charge is 0.342 e. The van der Waals surface area contributed by atoms with Gasteiger partial charge in [0.05, 0.1) is 11.3 Å². The lowest BCUT2D eigenvalue weighted by Gasteiger charge is -2.23. The highest BCUT2D eigenvalue weighted by Crippen LogP contribution is 2.24. The zero-order chi connectivity index (χ0) is 14.5. The summed E-state index contributed by atoms with van der Waals surface area (Å²) in [6, 6.07) is 0.202. The van der Waals surface area contributed by atoms with Crippen LogP contribution in [0.3, 0.4) is 0 Å². The maximum absolute atomic E-state index is 12.5. The molecule has 0 spiro atoms. The molecule has 2 heterocycles. The Kier molecular flexibility index (Phi) is 5.39. The van der Waals surface area contributed by atoms with Gasteiger partial charge in [0, 0.05) is 13.1 Å². The molecule has 1 aliphatic heterocycles. The molecule has 0 aliphatic carbocycles. The summed E-state index contributed by atoms with van der Waals surface area (Å²) in [4.78, 5) is 14.5. The monoisotopic (exact) mass is 297 g/mol. The first-order valence-electron chi connectivity index (χ1n) is 7.33. The fourth-order valence-corrected chi connectivity index (χ4v) is 3.35. The summed E-state index contributed by atoms with van der Waals surface area (Å²) in [5.74, 6) is 0.204. The van der Waals surface area contributed by atoms with E-state index in [1.54, 1.807) is 4.68 Å². The Hall–Kier alpha value is -1.11. The van der Waals surface area contributed by atoms with Gasteiger partial charge in [0.15, 0.2) is 0 Å². The predicted octanol–water partition coefficient (Wildman–Crippen LogP) is 2.14. The number of rotatable bonds is 4. The van der Waals surface area contributed by atoms with E-state index in [0.29, 0.717) is 0 Å².